The van der Waals surface area contributed by atoms with Crippen molar-refractivity contribution in [1.82, 2.24) is 25.1 Å². The third kappa shape index (κ3) is 2.83. The van der Waals surface area contributed by atoms with Crippen molar-refractivity contribution in [3.05, 3.63) is 60.4 Å². The molecule has 0 aliphatic carbocycles. The van der Waals surface area contributed by atoms with Crippen LogP contribution in [0.15, 0.2) is 48.8 Å². The molecule has 128 valence electrons. The number of rotatable bonds is 3. The molecular formula is C19H14FN5O. The Morgan fingerprint density at radius 3 is 2.42 bits per heavy atom. The molecule has 0 unspecified atom stereocenters. The van der Waals surface area contributed by atoms with Gasteiger partial charge in [0.2, 0.25) is 5.88 Å². The Hall–Kier alpha value is -3.48. The van der Waals surface area contributed by atoms with Gasteiger partial charge in [0.25, 0.3) is 0 Å². The van der Waals surface area contributed by atoms with Crippen molar-refractivity contribution < 1.29 is 9.13 Å². The van der Waals surface area contributed by atoms with E-state index in [0.29, 0.717) is 23.1 Å². The average molecular weight is 347 g/mol. The predicted molar refractivity (Wildman–Crippen MR) is 95.0 cm³/mol. The molecule has 0 aliphatic rings. The summed E-state index contributed by atoms with van der Waals surface area (Å²) < 4.78 is 18.6. The predicted octanol–water partition coefficient (Wildman–Crippen LogP) is 3.60. The summed E-state index contributed by atoms with van der Waals surface area (Å²) in [6.45, 7) is 1.76. The Morgan fingerprint density at radius 2 is 1.65 bits per heavy atom. The fourth-order valence-electron chi connectivity index (χ4n) is 2.75. The van der Waals surface area contributed by atoms with E-state index in [1.807, 2.05) is 18.2 Å². The number of ether oxygens (including phenoxy) is 1. The van der Waals surface area contributed by atoms with Crippen LogP contribution < -0.4 is 4.74 Å². The highest BCUT2D eigenvalue weighted by atomic mass is 19.1. The van der Waals surface area contributed by atoms with Gasteiger partial charge in [0.1, 0.15) is 29.4 Å². The smallest absolute Gasteiger partial charge is 0.224 e. The van der Waals surface area contributed by atoms with E-state index in [2.05, 4.69) is 25.1 Å². The van der Waals surface area contributed by atoms with Crippen LogP contribution in [0.25, 0.3) is 33.4 Å². The molecule has 6 nitrogen and oxygen atoms in total. The lowest BCUT2D eigenvalue weighted by Crippen LogP contribution is -2.00. The van der Waals surface area contributed by atoms with Crippen molar-refractivity contribution in [2.45, 2.75) is 6.92 Å². The summed E-state index contributed by atoms with van der Waals surface area (Å²) in [6, 6.07) is 11.8. The number of benzene rings is 2. The van der Waals surface area contributed by atoms with Crippen molar-refractivity contribution in [3.63, 3.8) is 0 Å². The normalized spacial score (nSPS) is 10.9. The first-order chi connectivity index (χ1) is 12.7. The minimum atomic E-state index is -0.304. The van der Waals surface area contributed by atoms with Gasteiger partial charge in [-0.25, -0.2) is 19.3 Å². The van der Waals surface area contributed by atoms with Crippen LogP contribution in [-0.2, 0) is 0 Å². The summed E-state index contributed by atoms with van der Waals surface area (Å²) in [5.74, 6) is 0.713. The fourth-order valence-corrected chi connectivity index (χ4v) is 2.75. The first kappa shape index (κ1) is 16.0. The Morgan fingerprint density at radius 1 is 0.885 bits per heavy atom. The molecule has 0 atom stereocenters. The molecule has 2 aromatic heterocycles. The summed E-state index contributed by atoms with van der Waals surface area (Å²) >= 11 is 0. The van der Waals surface area contributed by atoms with E-state index < -0.39 is 0 Å². The quantitative estimate of drug-likeness (QED) is 0.564. The number of aryl methyl sites for hydroxylation is 1. The highest BCUT2D eigenvalue weighted by Crippen LogP contribution is 2.32. The van der Waals surface area contributed by atoms with Crippen molar-refractivity contribution in [3.8, 4) is 28.4 Å². The van der Waals surface area contributed by atoms with Gasteiger partial charge in [-0.1, -0.05) is 6.07 Å². The third-order valence-corrected chi connectivity index (χ3v) is 3.98. The van der Waals surface area contributed by atoms with Gasteiger partial charge in [-0.15, -0.1) is 10.2 Å². The lowest BCUT2D eigenvalue weighted by molar-refractivity contribution is 0.402. The number of nitrogens with zero attached hydrogens (tertiary/aromatic N) is 5. The Balaban J connectivity index is 1.93. The topological polar surface area (TPSA) is 73.7 Å². The second-order valence-corrected chi connectivity index (χ2v) is 5.68. The molecule has 0 N–H and O–H groups in total. The van der Waals surface area contributed by atoms with Gasteiger partial charge < -0.3 is 4.74 Å². The molecule has 0 bridgehead atoms. The van der Waals surface area contributed by atoms with Gasteiger partial charge >= 0.3 is 0 Å². The molecule has 4 rings (SSSR count). The fraction of sp³-hybridized carbons (Fsp3) is 0.105. The number of hydrogen-bond donors (Lipinski definition) is 0. The number of aromatic nitrogens is 5. The molecule has 0 aliphatic heterocycles. The van der Waals surface area contributed by atoms with Crippen molar-refractivity contribution in [2.75, 3.05) is 7.11 Å². The zero-order chi connectivity index (χ0) is 18.1. The second-order valence-electron chi connectivity index (χ2n) is 5.68. The summed E-state index contributed by atoms with van der Waals surface area (Å²) in [5, 5.41) is 9.17. The summed E-state index contributed by atoms with van der Waals surface area (Å²) in [5.41, 5.74) is 3.54. The minimum absolute atomic E-state index is 0.304. The zero-order valence-electron chi connectivity index (χ0n) is 14.1. The van der Waals surface area contributed by atoms with E-state index in [-0.39, 0.29) is 5.82 Å². The van der Waals surface area contributed by atoms with Crippen molar-refractivity contribution >= 4 is 10.9 Å². The standard InChI is InChI=1S/C19H14FN5O/c1-11-23-17(12-3-6-14(20)7-4-12)18(25-24-11)13-5-8-16-15(9-13)19(26-2)22-10-21-16/h3-10H,1-2H3. The molecule has 0 fully saturated rings. The number of methoxy groups -OCH3 is 1. The monoisotopic (exact) mass is 347 g/mol. The van der Waals surface area contributed by atoms with Gasteiger partial charge in [-0.3, -0.25) is 0 Å². The van der Waals surface area contributed by atoms with Crippen LogP contribution in [0.1, 0.15) is 5.82 Å². The summed E-state index contributed by atoms with van der Waals surface area (Å²) in [7, 11) is 1.56. The number of halogens is 1. The second kappa shape index (κ2) is 6.44. The highest BCUT2D eigenvalue weighted by Gasteiger charge is 2.14. The lowest BCUT2D eigenvalue weighted by Gasteiger charge is -2.10. The molecule has 0 amide bonds. The van der Waals surface area contributed by atoms with Gasteiger partial charge in [0.15, 0.2) is 0 Å². The molecular weight excluding hydrogens is 333 g/mol. The minimum Gasteiger partial charge on any atom is -0.480 e. The maximum absolute atomic E-state index is 13.3. The molecule has 2 heterocycles. The molecule has 7 heteroatoms. The summed E-state index contributed by atoms with van der Waals surface area (Å²) in [6.07, 6.45) is 1.46. The van der Waals surface area contributed by atoms with Gasteiger partial charge in [0.05, 0.1) is 18.0 Å². The van der Waals surface area contributed by atoms with Crippen molar-refractivity contribution in [2.24, 2.45) is 0 Å². The van der Waals surface area contributed by atoms with Crippen LogP contribution >= 0.6 is 0 Å². The van der Waals surface area contributed by atoms with Gasteiger partial charge in [-0.05, 0) is 43.3 Å². The van der Waals surface area contributed by atoms with Gasteiger partial charge in [0, 0.05) is 11.1 Å². The van der Waals surface area contributed by atoms with Crippen LogP contribution in [0.2, 0.25) is 0 Å². The van der Waals surface area contributed by atoms with Crippen molar-refractivity contribution in [1.29, 1.82) is 0 Å². The number of hydrogen-bond acceptors (Lipinski definition) is 6. The van der Waals surface area contributed by atoms with E-state index in [4.69, 9.17) is 4.74 Å². The highest BCUT2D eigenvalue weighted by molar-refractivity contribution is 5.89. The SMILES string of the molecule is COc1ncnc2ccc(-c3nnc(C)nc3-c3ccc(F)cc3)cc12. The van der Waals surface area contributed by atoms with E-state index in [1.54, 1.807) is 26.2 Å². The molecule has 0 radical (unpaired) electrons. The maximum atomic E-state index is 13.3. The van der Waals surface area contributed by atoms with E-state index in [1.165, 1.54) is 18.5 Å². The molecule has 0 saturated carbocycles. The van der Waals surface area contributed by atoms with Crippen LogP contribution in [0.4, 0.5) is 4.39 Å². The Kier molecular flexibility index (Phi) is 3.96. The molecule has 0 saturated heterocycles. The summed E-state index contributed by atoms with van der Waals surface area (Å²) in [4.78, 5) is 12.9. The molecule has 4 aromatic rings. The largest absolute Gasteiger partial charge is 0.480 e. The average Bonchev–Trinajstić information content (AvgIpc) is 2.67. The van der Waals surface area contributed by atoms with E-state index in [0.717, 1.165) is 22.0 Å². The maximum Gasteiger partial charge on any atom is 0.224 e. The van der Waals surface area contributed by atoms with Crippen LogP contribution in [0.3, 0.4) is 0 Å². The molecule has 2 aromatic carbocycles. The molecule has 26 heavy (non-hydrogen) atoms. The first-order valence-electron chi connectivity index (χ1n) is 7.92. The first-order valence-corrected chi connectivity index (χ1v) is 7.92. The molecule has 0 spiro atoms. The van der Waals surface area contributed by atoms with Crippen LogP contribution in [0, 0.1) is 12.7 Å². The van der Waals surface area contributed by atoms with Crippen LogP contribution in [0.5, 0.6) is 5.88 Å². The van der Waals surface area contributed by atoms with E-state index in [9.17, 15) is 4.39 Å². The van der Waals surface area contributed by atoms with E-state index >= 15 is 0 Å². The number of fused-ring (bicyclic) bond motifs is 1. The Labute approximate surface area is 148 Å². The van der Waals surface area contributed by atoms with Gasteiger partial charge in [-0.2, -0.15) is 0 Å². The van der Waals surface area contributed by atoms with Crippen LogP contribution in [-0.4, -0.2) is 32.3 Å². The lowest BCUT2D eigenvalue weighted by atomic mass is 10.0. The Bertz CT molecular complexity index is 1100. The third-order valence-electron chi connectivity index (χ3n) is 3.98. The zero-order valence-corrected chi connectivity index (χ0v) is 14.1.